The lowest BCUT2D eigenvalue weighted by Gasteiger charge is -2.11. The fourth-order valence-electron chi connectivity index (χ4n) is 1.11. The van der Waals surface area contributed by atoms with E-state index in [1.54, 1.807) is 6.92 Å². The van der Waals surface area contributed by atoms with Crippen LogP contribution in [0.15, 0.2) is 21.1 Å². The van der Waals surface area contributed by atoms with Crippen molar-refractivity contribution in [2.24, 2.45) is 5.92 Å². The van der Waals surface area contributed by atoms with Gasteiger partial charge >= 0.3 is 0 Å². The number of nitriles is 1. The van der Waals surface area contributed by atoms with Gasteiger partial charge in [-0.2, -0.15) is 5.26 Å². The highest BCUT2D eigenvalue weighted by molar-refractivity contribution is 9.11. The van der Waals surface area contributed by atoms with Crippen LogP contribution in [0.4, 0.5) is 5.69 Å². The van der Waals surface area contributed by atoms with Gasteiger partial charge in [0.25, 0.3) is 0 Å². The molecule has 0 saturated heterocycles. The molecule has 0 aliphatic carbocycles. The molecule has 1 atom stereocenters. The average Bonchev–Trinajstić information content (AvgIpc) is 2.21. The summed E-state index contributed by atoms with van der Waals surface area (Å²) in [6.07, 6.45) is 0. The minimum atomic E-state index is -0.667. The van der Waals surface area contributed by atoms with Crippen molar-refractivity contribution < 1.29 is 4.79 Å². The first-order valence-corrected chi connectivity index (χ1v) is 6.20. The molecule has 0 aliphatic rings. The highest BCUT2D eigenvalue weighted by atomic mass is 79.9. The summed E-state index contributed by atoms with van der Waals surface area (Å²) >= 11 is 6.74. The van der Waals surface area contributed by atoms with E-state index in [1.165, 1.54) is 0 Å². The van der Waals surface area contributed by atoms with Crippen LogP contribution in [-0.2, 0) is 4.79 Å². The number of nitrogens with one attached hydrogen (secondary N) is 1. The van der Waals surface area contributed by atoms with Gasteiger partial charge < -0.3 is 5.32 Å². The molecular formula is C11H10Br2N2O. The van der Waals surface area contributed by atoms with Gasteiger partial charge in [-0.3, -0.25) is 4.79 Å². The third-order valence-corrected chi connectivity index (χ3v) is 3.27. The van der Waals surface area contributed by atoms with Crippen LogP contribution in [-0.4, -0.2) is 5.91 Å². The lowest BCUT2D eigenvalue weighted by atomic mass is 10.2. The Labute approximate surface area is 111 Å². The number of carbonyl (C=O) groups excluding carboxylic acids is 1. The first-order valence-electron chi connectivity index (χ1n) is 4.62. The minimum absolute atomic E-state index is 0.312. The fraction of sp³-hybridized carbons (Fsp3) is 0.273. The van der Waals surface area contributed by atoms with E-state index in [1.807, 2.05) is 25.1 Å². The molecule has 0 radical (unpaired) electrons. The quantitative estimate of drug-likeness (QED) is 0.889. The Morgan fingerprint density at radius 1 is 1.44 bits per heavy atom. The monoisotopic (exact) mass is 344 g/mol. The second-order valence-electron chi connectivity index (χ2n) is 3.44. The predicted molar refractivity (Wildman–Crippen MR) is 70.0 cm³/mol. The number of rotatable bonds is 2. The normalized spacial score (nSPS) is 11.7. The number of hydrogen-bond acceptors (Lipinski definition) is 2. The van der Waals surface area contributed by atoms with Crippen molar-refractivity contribution in [3.8, 4) is 6.07 Å². The second-order valence-corrected chi connectivity index (χ2v) is 5.15. The molecule has 16 heavy (non-hydrogen) atoms. The van der Waals surface area contributed by atoms with Crippen LogP contribution in [0.5, 0.6) is 0 Å². The third kappa shape index (κ3) is 3.06. The Balaban J connectivity index is 2.99. The molecule has 1 amide bonds. The van der Waals surface area contributed by atoms with Gasteiger partial charge in [-0.15, -0.1) is 0 Å². The van der Waals surface area contributed by atoms with E-state index in [0.717, 1.165) is 14.5 Å². The van der Waals surface area contributed by atoms with Crippen LogP contribution >= 0.6 is 31.9 Å². The van der Waals surface area contributed by atoms with Gasteiger partial charge in [0.1, 0.15) is 5.92 Å². The number of halogens is 2. The molecule has 0 heterocycles. The summed E-state index contributed by atoms with van der Waals surface area (Å²) in [6, 6.07) is 5.69. The summed E-state index contributed by atoms with van der Waals surface area (Å²) in [4.78, 5) is 11.6. The minimum Gasteiger partial charge on any atom is -0.323 e. The molecule has 0 bridgehead atoms. The largest absolute Gasteiger partial charge is 0.323 e. The van der Waals surface area contributed by atoms with Crippen molar-refractivity contribution in [2.45, 2.75) is 13.8 Å². The van der Waals surface area contributed by atoms with Gasteiger partial charge in [0.15, 0.2) is 0 Å². The van der Waals surface area contributed by atoms with Crippen molar-refractivity contribution in [3.63, 3.8) is 0 Å². The summed E-state index contributed by atoms with van der Waals surface area (Å²) in [5.41, 5.74) is 1.72. The van der Waals surface area contributed by atoms with E-state index in [-0.39, 0.29) is 5.91 Å². The van der Waals surface area contributed by atoms with Crippen LogP contribution in [0.25, 0.3) is 0 Å². The van der Waals surface area contributed by atoms with Gasteiger partial charge in [0.2, 0.25) is 5.91 Å². The van der Waals surface area contributed by atoms with Crippen molar-refractivity contribution in [3.05, 3.63) is 26.6 Å². The lowest BCUT2D eigenvalue weighted by molar-refractivity contribution is -0.117. The van der Waals surface area contributed by atoms with Crippen LogP contribution in [0, 0.1) is 24.2 Å². The van der Waals surface area contributed by atoms with Gasteiger partial charge in [-0.05, 0) is 63.4 Å². The molecule has 0 fully saturated rings. The Hall–Kier alpha value is -0.860. The average molecular weight is 346 g/mol. The zero-order chi connectivity index (χ0) is 12.3. The van der Waals surface area contributed by atoms with Crippen molar-refractivity contribution in [2.75, 3.05) is 5.32 Å². The smallest absolute Gasteiger partial charge is 0.241 e. The number of hydrogen-bond donors (Lipinski definition) is 1. The number of carbonyl (C=O) groups is 1. The van der Waals surface area contributed by atoms with Crippen LogP contribution in [0.3, 0.4) is 0 Å². The zero-order valence-corrected chi connectivity index (χ0v) is 12.0. The number of benzene rings is 1. The lowest BCUT2D eigenvalue weighted by Crippen LogP contribution is -2.19. The summed E-state index contributed by atoms with van der Waals surface area (Å²) in [5.74, 6) is -0.979. The summed E-state index contributed by atoms with van der Waals surface area (Å²) < 4.78 is 1.58. The van der Waals surface area contributed by atoms with E-state index in [2.05, 4.69) is 37.2 Å². The zero-order valence-electron chi connectivity index (χ0n) is 8.84. The molecule has 0 aliphatic heterocycles. The Kier molecular flexibility index (Phi) is 4.51. The standard InChI is InChI=1S/C11H10Br2N2O/c1-6-3-8(12)10(9(13)4-6)15-11(16)7(2)5-14/h3-4,7H,1-2H3,(H,15,16). The topological polar surface area (TPSA) is 52.9 Å². The molecule has 0 spiro atoms. The number of nitrogens with zero attached hydrogens (tertiary/aromatic N) is 1. The first-order chi connectivity index (χ1) is 7.45. The van der Waals surface area contributed by atoms with Gasteiger partial charge in [0, 0.05) is 8.95 Å². The Morgan fingerprint density at radius 2 is 1.94 bits per heavy atom. The number of aryl methyl sites for hydroxylation is 1. The van der Waals surface area contributed by atoms with Crippen LogP contribution in [0.2, 0.25) is 0 Å². The molecule has 5 heteroatoms. The first kappa shape index (κ1) is 13.2. The molecule has 1 aromatic carbocycles. The van der Waals surface area contributed by atoms with Crippen molar-refractivity contribution in [1.29, 1.82) is 5.26 Å². The number of anilines is 1. The molecule has 84 valence electrons. The molecule has 1 aromatic rings. The molecular weight excluding hydrogens is 336 g/mol. The maximum Gasteiger partial charge on any atom is 0.241 e. The molecule has 1 rings (SSSR count). The SMILES string of the molecule is Cc1cc(Br)c(NC(=O)C(C)C#N)c(Br)c1. The highest BCUT2D eigenvalue weighted by Gasteiger charge is 2.15. The summed E-state index contributed by atoms with van der Waals surface area (Å²) in [7, 11) is 0. The Morgan fingerprint density at radius 3 is 2.38 bits per heavy atom. The fourth-order valence-corrected chi connectivity index (χ4v) is 2.72. The van der Waals surface area contributed by atoms with E-state index in [9.17, 15) is 4.79 Å². The van der Waals surface area contributed by atoms with Crippen molar-refractivity contribution in [1.82, 2.24) is 0 Å². The third-order valence-electron chi connectivity index (χ3n) is 2.02. The van der Waals surface area contributed by atoms with Crippen molar-refractivity contribution >= 4 is 43.5 Å². The molecule has 1 unspecified atom stereocenters. The highest BCUT2D eigenvalue weighted by Crippen LogP contribution is 2.32. The predicted octanol–water partition coefficient (Wildman–Crippen LogP) is 3.62. The van der Waals surface area contributed by atoms with Gasteiger partial charge in [-0.1, -0.05) is 0 Å². The van der Waals surface area contributed by atoms with E-state index >= 15 is 0 Å². The molecule has 1 N–H and O–H groups in total. The Bertz CT molecular complexity index is 443. The molecule has 3 nitrogen and oxygen atoms in total. The van der Waals surface area contributed by atoms with E-state index < -0.39 is 5.92 Å². The molecule has 0 saturated carbocycles. The number of amides is 1. The van der Waals surface area contributed by atoms with E-state index in [4.69, 9.17) is 5.26 Å². The van der Waals surface area contributed by atoms with Crippen LogP contribution in [0.1, 0.15) is 12.5 Å². The molecule has 0 aromatic heterocycles. The maximum absolute atomic E-state index is 11.6. The van der Waals surface area contributed by atoms with Crippen LogP contribution < -0.4 is 5.32 Å². The second kappa shape index (κ2) is 5.46. The summed E-state index contributed by atoms with van der Waals surface area (Å²) in [6.45, 7) is 3.52. The van der Waals surface area contributed by atoms with Gasteiger partial charge in [-0.25, -0.2) is 0 Å². The van der Waals surface area contributed by atoms with E-state index in [0.29, 0.717) is 5.69 Å². The maximum atomic E-state index is 11.6. The van der Waals surface area contributed by atoms with Gasteiger partial charge in [0.05, 0.1) is 11.8 Å². The summed E-state index contributed by atoms with van der Waals surface area (Å²) in [5, 5.41) is 11.3.